The van der Waals surface area contributed by atoms with Crippen LogP contribution in [0.1, 0.15) is 24.1 Å². The lowest BCUT2D eigenvalue weighted by Gasteiger charge is -2.38. The van der Waals surface area contributed by atoms with Gasteiger partial charge in [-0.1, -0.05) is 23.7 Å². The lowest BCUT2D eigenvalue weighted by Crippen LogP contribution is -2.40. The number of hydrogen-bond acceptors (Lipinski definition) is 4. The van der Waals surface area contributed by atoms with E-state index in [1.807, 2.05) is 19.1 Å². The summed E-state index contributed by atoms with van der Waals surface area (Å²) in [5.41, 5.74) is 2.19. The lowest BCUT2D eigenvalue weighted by atomic mass is 9.74. The Morgan fingerprint density at radius 2 is 2.09 bits per heavy atom. The predicted octanol–water partition coefficient (Wildman–Crippen LogP) is 3.60. The first-order chi connectivity index (χ1) is 10.7. The number of rotatable bonds is 4. The molecule has 3 rings (SSSR count). The molecule has 22 heavy (non-hydrogen) atoms. The third kappa shape index (κ3) is 3.39. The number of nitrogens with zero attached hydrogens (tertiary/aromatic N) is 2. The summed E-state index contributed by atoms with van der Waals surface area (Å²) in [6, 6.07) is 8.15. The summed E-state index contributed by atoms with van der Waals surface area (Å²) in [4.78, 5) is 8.66. The van der Waals surface area contributed by atoms with Gasteiger partial charge in [-0.3, -0.25) is 4.98 Å². The molecule has 1 saturated heterocycles. The standard InChI is InChI=1S/C17H20ClN3O/c1-13-10-19-11-16(21-13)20-12-17(5-7-22-8-6-17)14-3-2-4-15(18)9-14/h2-4,9-11H,5-8,12H2,1H3,(H,20,21). The molecular weight excluding hydrogens is 298 g/mol. The zero-order valence-corrected chi connectivity index (χ0v) is 13.4. The molecule has 1 fully saturated rings. The number of hydrogen-bond donors (Lipinski definition) is 1. The smallest absolute Gasteiger partial charge is 0.144 e. The lowest BCUT2D eigenvalue weighted by molar-refractivity contribution is 0.0543. The Balaban J connectivity index is 1.83. The van der Waals surface area contributed by atoms with Gasteiger partial charge in [0.05, 0.1) is 11.9 Å². The first-order valence-corrected chi connectivity index (χ1v) is 7.92. The molecule has 0 unspecified atom stereocenters. The van der Waals surface area contributed by atoms with Crippen LogP contribution in [0.25, 0.3) is 0 Å². The normalized spacial score (nSPS) is 17.2. The number of ether oxygens (including phenoxy) is 1. The highest BCUT2D eigenvalue weighted by atomic mass is 35.5. The zero-order chi connectivity index (χ0) is 15.4. The van der Waals surface area contributed by atoms with Crippen molar-refractivity contribution >= 4 is 17.4 Å². The maximum absolute atomic E-state index is 6.19. The Morgan fingerprint density at radius 1 is 1.27 bits per heavy atom. The van der Waals surface area contributed by atoms with Crippen molar-refractivity contribution in [3.63, 3.8) is 0 Å². The maximum atomic E-state index is 6.19. The minimum atomic E-state index is 0.0224. The Morgan fingerprint density at radius 3 is 2.82 bits per heavy atom. The highest BCUT2D eigenvalue weighted by Gasteiger charge is 2.34. The molecule has 4 nitrogen and oxygen atoms in total. The summed E-state index contributed by atoms with van der Waals surface area (Å²) in [5, 5.41) is 4.22. The van der Waals surface area contributed by atoms with Crippen LogP contribution in [0.15, 0.2) is 36.7 Å². The monoisotopic (exact) mass is 317 g/mol. The van der Waals surface area contributed by atoms with Crippen molar-refractivity contribution in [3.8, 4) is 0 Å². The molecule has 0 atom stereocenters. The van der Waals surface area contributed by atoms with Crippen LogP contribution < -0.4 is 5.32 Å². The van der Waals surface area contributed by atoms with Gasteiger partial charge in [-0.25, -0.2) is 4.98 Å². The molecule has 0 radical (unpaired) electrons. The second-order valence-corrected chi connectivity index (χ2v) is 6.24. The Labute approximate surface area is 135 Å². The molecular formula is C17H20ClN3O. The summed E-state index contributed by atoms with van der Waals surface area (Å²) >= 11 is 6.19. The summed E-state index contributed by atoms with van der Waals surface area (Å²) in [6.07, 6.45) is 5.46. The fourth-order valence-electron chi connectivity index (χ4n) is 2.96. The molecule has 116 valence electrons. The van der Waals surface area contributed by atoms with E-state index in [0.29, 0.717) is 0 Å². The third-order valence-electron chi connectivity index (χ3n) is 4.25. The van der Waals surface area contributed by atoms with Gasteiger partial charge in [0, 0.05) is 36.4 Å². The average molecular weight is 318 g/mol. The summed E-state index contributed by atoms with van der Waals surface area (Å²) < 4.78 is 5.56. The van der Waals surface area contributed by atoms with Crippen molar-refractivity contribution in [1.82, 2.24) is 9.97 Å². The van der Waals surface area contributed by atoms with Gasteiger partial charge in [-0.15, -0.1) is 0 Å². The van der Waals surface area contributed by atoms with Gasteiger partial charge in [-0.05, 0) is 37.5 Å². The number of halogens is 1. The fraction of sp³-hybridized carbons (Fsp3) is 0.412. The molecule has 1 N–H and O–H groups in total. The quantitative estimate of drug-likeness (QED) is 0.936. The second kappa shape index (κ2) is 6.63. The van der Waals surface area contributed by atoms with Crippen molar-refractivity contribution in [2.24, 2.45) is 0 Å². The number of nitrogens with one attached hydrogen (secondary N) is 1. The molecule has 0 bridgehead atoms. The molecule has 0 amide bonds. The van der Waals surface area contributed by atoms with Crippen LogP contribution in [-0.4, -0.2) is 29.7 Å². The van der Waals surface area contributed by atoms with Gasteiger partial charge < -0.3 is 10.1 Å². The van der Waals surface area contributed by atoms with Crippen LogP contribution in [0.3, 0.4) is 0 Å². The van der Waals surface area contributed by atoms with E-state index in [2.05, 4.69) is 27.4 Å². The Kier molecular flexibility index (Phi) is 4.60. The van der Waals surface area contributed by atoms with Crippen molar-refractivity contribution in [1.29, 1.82) is 0 Å². The van der Waals surface area contributed by atoms with Crippen LogP contribution in [0.5, 0.6) is 0 Å². The van der Waals surface area contributed by atoms with E-state index < -0.39 is 0 Å². The molecule has 1 aromatic carbocycles. The summed E-state index contributed by atoms with van der Waals surface area (Å²) in [5.74, 6) is 0.813. The Hall–Kier alpha value is -1.65. The SMILES string of the molecule is Cc1cncc(NCC2(c3cccc(Cl)c3)CCOCC2)n1. The first kappa shape index (κ1) is 15.3. The number of aromatic nitrogens is 2. The molecule has 2 aromatic rings. The molecule has 0 spiro atoms. The van der Waals surface area contributed by atoms with Gasteiger partial charge in [0.2, 0.25) is 0 Å². The van der Waals surface area contributed by atoms with E-state index in [0.717, 1.165) is 49.1 Å². The molecule has 0 saturated carbocycles. The molecule has 0 aliphatic carbocycles. The third-order valence-corrected chi connectivity index (χ3v) is 4.48. The summed E-state index contributed by atoms with van der Waals surface area (Å²) in [7, 11) is 0. The molecule has 5 heteroatoms. The van der Waals surface area contributed by atoms with Gasteiger partial charge in [0.15, 0.2) is 0 Å². The molecule has 2 heterocycles. The van der Waals surface area contributed by atoms with Gasteiger partial charge in [0.1, 0.15) is 5.82 Å². The minimum absolute atomic E-state index is 0.0224. The fourth-order valence-corrected chi connectivity index (χ4v) is 3.15. The molecule has 1 aliphatic rings. The second-order valence-electron chi connectivity index (χ2n) is 5.80. The van der Waals surface area contributed by atoms with E-state index in [1.54, 1.807) is 12.4 Å². The van der Waals surface area contributed by atoms with Crippen LogP contribution >= 0.6 is 11.6 Å². The first-order valence-electron chi connectivity index (χ1n) is 7.54. The zero-order valence-electron chi connectivity index (χ0n) is 12.7. The van der Waals surface area contributed by atoms with Gasteiger partial charge >= 0.3 is 0 Å². The van der Waals surface area contributed by atoms with E-state index in [4.69, 9.17) is 16.3 Å². The van der Waals surface area contributed by atoms with E-state index in [9.17, 15) is 0 Å². The largest absolute Gasteiger partial charge is 0.381 e. The molecule has 1 aromatic heterocycles. The van der Waals surface area contributed by atoms with Crippen LogP contribution in [0.4, 0.5) is 5.82 Å². The topological polar surface area (TPSA) is 47.0 Å². The highest BCUT2D eigenvalue weighted by Crippen LogP contribution is 2.36. The highest BCUT2D eigenvalue weighted by molar-refractivity contribution is 6.30. The average Bonchev–Trinajstić information content (AvgIpc) is 2.54. The Bertz CT molecular complexity index is 641. The number of benzene rings is 1. The predicted molar refractivity (Wildman–Crippen MR) is 88.4 cm³/mol. The molecule has 1 aliphatic heterocycles. The van der Waals surface area contributed by atoms with E-state index in [1.165, 1.54) is 5.56 Å². The van der Waals surface area contributed by atoms with Crippen LogP contribution in [0.2, 0.25) is 5.02 Å². The van der Waals surface area contributed by atoms with Gasteiger partial charge in [0.25, 0.3) is 0 Å². The van der Waals surface area contributed by atoms with Crippen molar-refractivity contribution in [2.75, 3.05) is 25.1 Å². The maximum Gasteiger partial charge on any atom is 0.144 e. The van der Waals surface area contributed by atoms with Crippen LogP contribution in [0, 0.1) is 6.92 Å². The van der Waals surface area contributed by atoms with Crippen LogP contribution in [-0.2, 0) is 10.2 Å². The van der Waals surface area contributed by atoms with Crippen molar-refractivity contribution in [3.05, 3.63) is 52.9 Å². The van der Waals surface area contributed by atoms with E-state index in [-0.39, 0.29) is 5.41 Å². The summed E-state index contributed by atoms with van der Waals surface area (Å²) in [6.45, 7) is 4.29. The van der Waals surface area contributed by atoms with Gasteiger partial charge in [-0.2, -0.15) is 0 Å². The minimum Gasteiger partial charge on any atom is -0.381 e. The number of aryl methyl sites for hydroxylation is 1. The van der Waals surface area contributed by atoms with Crippen molar-refractivity contribution in [2.45, 2.75) is 25.2 Å². The number of anilines is 1. The van der Waals surface area contributed by atoms with Crippen molar-refractivity contribution < 1.29 is 4.74 Å². The van der Waals surface area contributed by atoms with E-state index >= 15 is 0 Å².